The molecular formula is C54H32N4. The van der Waals surface area contributed by atoms with Crippen molar-refractivity contribution in [3.63, 3.8) is 0 Å². The molecule has 58 heavy (non-hydrogen) atoms. The first-order chi connectivity index (χ1) is 28.8. The molecule has 0 saturated heterocycles. The largest absolute Gasteiger partial charge is 0.308 e. The molecule has 0 aliphatic carbocycles. The molecule has 4 aromatic heterocycles. The first-order valence-corrected chi connectivity index (χ1v) is 19.8. The van der Waals surface area contributed by atoms with Crippen molar-refractivity contribution in [2.24, 2.45) is 0 Å². The van der Waals surface area contributed by atoms with Gasteiger partial charge in [-0.15, -0.1) is 0 Å². The standard InChI is InChI=1S/C54H32N4/c1-3-13-33(14-4-1)34-27-29-35(30-28-34)38-19-9-17-36-31-32-43-51(37-15-5-2-6-16-37)55-54(56-52(43)48(36)38)58-45-24-11-20-40-42-22-10-21-41-39-18-7-8-23-44(39)57(53(41)42)46-25-12-26-47(58)50(46)49(40)45/h1-32H. The van der Waals surface area contributed by atoms with E-state index in [0.29, 0.717) is 5.95 Å². The molecule has 4 heterocycles. The summed E-state index contributed by atoms with van der Waals surface area (Å²) >= 11 is 0. The van der Waals surface area contributed by atoms with E-state index in [2.05, 4.69) is 203 Å². The topological polar surface area (TPSA) is 35.1 Å². The summed E-state index contributed by atoms with van der Waals surface area (Å²) in [4.78, 5) is 11.2. The van der Waals surface area contributed by atoms with E-state index in [1.54, 1.807) is 0 Å². The summed E-state index contributed by atoms with van der Waals surface area (Å²) in [5, 5.41) is 10.7. The molecule has 0 amide bonds. The highest BCUT2D eigenvalue weighted by molar-refractivity contribution is 6.31. The lowest BCUT2D eigenvalue weighted by atomic mass is 9.93. The van der Waals surface area contributed by atoms with E-state index in [-0.39, 0.29) is 0 Å². The molecular weight excluding hydrogens is 705 g/mol. The molecule has 0 N–H and O–H groups in total. The Bertz CT molecular complexity index is 3770. The van der Waals surface area contributed by atoms with Crippen molar-refractivity contribution in [3.8, 4) is 39.5 Å². The number of benzene rings is 9. The van der Waals surface area contributed by atoms with Gasteiger partial charge in [-0.25, -0.2) is 9.97 Å². The molecule has 13 aromatic rings. The molecule has 268 valence electrons. The van der Waals surface area contributed by atoms with Crippen molar-refractivity contribution in [2.75, 3.05) is 0 Å². The van der Waals surface area contributed by atoms with E-state index in [1.807, 2.05) is 0 Å². The maximum absolute atomic E-state index is 5.65. The highest BCUT2D eigenvalue weighted by atomic mass is 15.2. The average molecular weight is 737 g/mol. The Balaban J connectivity index is 1.16. The Kier molecular flexibility index (Phi) is 6.41. The molecule has 9 aromatic carbocycles. The molecule has 13 rings (SSSR count). The number of para-hydroxylation sites is 2. The van der Waals surface area contributed by atoms with E-state index in [9.17, 15) is 0 Å². The number of rotatable bonds is 4. The minimum absolute atomic E-state index is 0.652. The SMILES string of the molecule is c1ccc(-c2ccc(-c3cccc4ccc5c(-c6ccccc6)nc(-n6c7cccc8c9cccc%10c%11ccccc%11n(c%11cccc6c%11c87)c9%10)nc5c34)cc2)cc1. The van der Waals surface area contributed by atoms with Crippen LogP contribution in [-0.4, -0.2) is 18.9 Å². The van der Waals surface area contributed by atoms with Crippen LogP contribution >= 0.6 is 0 Å². The van der Waals surface area contributed by atoms with Crippen molar-refractivity contribution in [3.05, 3.63) is 194 Å². The normalized spacial score (nSPS) is 12.1. The number of aromatic nitrogens is 4. The molecule has 0 radical (unpaired) electrons. The van der Waals surface area contributed by atoms with E-state index in [1.165, 1.54) is 60.0 Å². The average Bonchev–Trinajstić information content (AvgIpc) is 3.78. The minimum Gasteiger partial charge on any atom is -0.308 e. The van der Waals surface area contributed by atoms with E-state index < -0.39 is 0 Å². The zero-order valence-electron chi connectivity index (χ0n) is 31.3. The predicted octanol–water partition coefficient (Wildman–Crippen LogP) is 14.0. The summed E-state index contributed by atoms with van der Waals surface area (Å²) in [5.41, 5.74) is 13.4. The van der Waals surface area contributed by atoms with Crippen LogP contribution in [0.15, 0.2) is 194 Å². The van der Waals surface area contributed by atoms with Crippen LogP contribution in [0.2, 0.25) is 0 Å². The first kappa shape index (κ1) is 31.4. The van der Waals surface area contributed by atoms with Crippen molar-refractivity contribution >= 4 is 81.6 Å². The van der Waals surface area contributed by atoms with Gasteiger partial charge in [0.05, 0.1) is 38.8 Å². The molecule has 0 aliphatic rings. The minimum atomic E-state index is 0.652. The molecule has 0 unspecified atom stereocenters. The van der Waals surface area contributed by atoms with Crippen LogP contribution < -0.4 is 0 Å². The molecule has 0 spiro atoms. The fraction of sp³-hybridized carbons (Fsp3) is 0. The van der Waals surface area contributed by atoms with Gasteiger partial charge in [0.2, 0.25) is 5.95 Å². The van der Waals surface area contributed by atoms with Gasteiger partial charge in [0, 0.05) is 43.3 Å². The van der Waals surface area contributed by atoms with Crippen LogP contribution in [0, 0.1) is 0 Å². The van der Waals surface area contributed by atoms with Gasteiger partial charge >= 0.3 is 0 Å². The smallest absolute Gasteiger partial charge is 0.235 e. The maximum Gasteiger partial charge on any atom is 0.235 e. The second-order valence-corrected chi connectivity index (χ2v) is 15.3. The lowest BCUT2D eigenvalue weighted by Crippen LogP contribution is -2.04. The molecule has 0 aliphatic heterocycles. The Hall–Kier alpha value is -7.82. The van der Waals surface area contributed by atoms with Crippen molar-refractivity contribution in [2.45, 2.75) is 0 Å². The Morgan fingerprint density at radius 3 is 1.74 bits per heavy atom. The summed E-state index contributed by atoms with van der Waals surface area (Å²) in [7, 11) is 0. The van der Waals surface area contributed by atoms with Crippen LogP contribution in [0.1, 0.15) is 0 Å². The quantitative estimate of drug-likeness (QED) is 0.169. The van der Waals surface area contributed by atoms with Gasteiger partial charge in [-0.3, -0.25) is 4.57 Å². The molecule has 0 atom stereocenters. The third kappa shape index (κ3) is 4.29. The van der Waals surface area contributed by atoms with E-state index in [4.69, 9.17) is 9.97 Å². The zero-order valence-corrected chi connectivity index (χ0v) is 31.3. The summed E-state index contributed by atoms with van der Waals surface area (Å²) in [5.74, 6) is 0.652. The molecule has 4 heteroatoms. The van der Waals surface area contributed by atoms with Crippen molar-refractivity contribution in [1.29, 1.82) is 0 Å². The van der Waals surface area contributed by atoms with Crippen LogP contribution in [-0.2, 0) is 0 Å². The third-order valence-electron chi connectivity index (χ3n) is 12.3. The van der Waals surface area contributed by atoms with Gasteiger partial charge in [0.25, 0.3) is 0 Å². The Labute approximate surface area is 332 Å². The van der Waals surface area contributed by atoms with Gasteiger partial charge in [-0.05, 0) is 63.4 Å². The molecule has 0 bridgehead atoms. The summed E-state index contributed by atoms with van der Waals surface area (Å²) in [6.45, 7) is 0. The van der Waals surface area contributed by atoms with Gasteiger partial charge in [0.1, 0.15) is 0 Å². The lowest BCUT2D eigenvalue weighted by molar-refractivity contribution is 1.02. The van der Waals surface area contributed by atoms with E-state index in [0.717, 1.165) is 55.1 Å². The highest BCUT2D eigenvalue weighted by Crippen LogP contribution is 2.45. The number of nitrogens with zero attached hydrogens (tertiary/aromatic N) is 4. The Morgan fingerprint density at radius 2 is 0.914 bits per heavy atom. The summed E-state index contributed by atoms with van der Waals surface area (Å²) in [6, 6.07) is 70.0. The number of fused-ring (bicyclic) bond motifs is 8. The van der Waals surface area contributed by atoms with Crippen LogP contribution in [0.3, 0.4) is 0 Å². The van der Waals surface area contributed by atoms with Gasteiger partial charge in [-0.2, -0.15) is 0 Å². The summed E-state index contributed by atoms with van der Waals surface area (Å²) < 4.78 is 4.78. The highest BCUT2D eigenvalue weighted by Gasteiger charge is 2.24. The second kappa shape index (κ2) is 11.8. The predicted molar refractivity (Wildman–Crippen MR) is 242 cm³/mol. The monoisotopic (exact) mass is 736 g/mol. The van der Waals surface area contributed by atoms with Gasteiger partial charge < -0.3 is 4.40 Å². The molecule has 0 fully saturated rings. The van der Waals surface area contributed by atoms with Crippen LogP contribution in [0.4, 0.5) is 0 Å². The molecule has 4 nitrogen and oxygen atoms in total. The maximum atomic E-state index is 5.65. The Morgan fingerprint density at radius 1 is 0.328 bits per heavy atom. The van der Waals surface area contributed by atoms with Gasteiger partial charge in [0.15, 0.2) is 0 Å². The lowest BCUT2D eigenvalue weighted by Gasteiger charge is -2.15. The number of hydrogen-bond acceptors (Lipinski definition) is 2. The summed E-state index contributed by atoms with van der Waals surface area (Å²) in [6.07, 6.45) is 0. The fourth-order valence-corrected chi connectivity index (χ4v) is 9.78. The third-order valence-corrected chi connectivity index (χ3v) is 12.3. The molecule has 0 saturated carbocycles. The fourth-order valence-electron chi connectivity index (χ4n) is 9.78. The van der Waals surface area contributed by atoms with Crippen LogP contribution in [0.5, 0.6) is 0 Å². The van der Waals surface area contributed by atoms with Crippen LogP contribution in [0.25, 0.3) is 121 Å². The second-order valence-electron chi connectivity index (χ2n) is 15.3. The van der Waals surface area contributed by atoms with Crippen molar-refractivity contribution < 1.29 is 0 Å². The zero-order chi connectivity index (χ0) is 37.9. The van der Waals surface area contributed by atoms with E-state index >= 15 is 0 Å². The van der Waals surface area contributed by atoms with Crippen molar-refractivity contribution in [1.82, 2.24) is 18.9 Å². The van der Waals surface area contributed by atoms with Gasteiger partial charge in [-0.1, -0.05) is 164 Å². The first-order valence-electron chi connectivity index (χ1n) is 19.8. The number of hydrogen-bond donors (Lipinski definition) is 0.